The third-order valence-electron chi connectivity index (χ3n) is 5.84. The molecule has 30 heavy (non-hydrogen) atoms. The van der Waals surface area contributed by atoms with Crippen LogP contribution in [0.1, 0.15) is 12.8 Å². The number of carbonyl (C=O) groups excluding carboxylic acids is 1. The highest BCUT2D eigenvalue weighted by Crippen LogP contribution is 2.23. The molecule has 2 amide bonds. The summed E-state index contributed by atoms with van der Waals surface area (Å²) in [4.78, 5) is 29.8. The Bertz CT molecular complexity index is 1010. The second-order valence-electron chi connectivity index (χ2n) is 7.65. The zero-order valence-electron chi connectivity index (χ0n) is 16.7. The van der Waals surface area contributed by atoms with Gasteiger partial charge in [-0.2, -0.15) is 0 Å². The third kappa shape index (κ3) is 3.99. The van der Waals surface area contributed by atoms with Crippen molar-refractivity contribution in [2.24, 2.45) is 0 Å². The van der Waals surface area contributed by atoms with Crippen LogP contribution < -0.4 is 5.32 Å². The first-order chi connectivity index (χ1) is 14.8. The lowest BCUT2D eigenvalue weighted by atomic mass is 10.0. The Morgan fingerprint density at radius 3 is 2.57 bits per heavy atom. The van der Waals surface area contributed by atoms with Crippen molar-refractivity contribution in [1.82, 2.24) is 24.8 Å². The fourth-order valence-electron chi connectivity index (χ4n) is 4.15. The molecule has 0 saturated carbocycles. The first-order valence-electron chi connectivity index (χ1n) is 10.3. The first kappa shape index (κ1) is 19.0. The van der Waals surface area contributed by atoms with Crippen LogP contribution in [-0.2, 0) is 4.74 Å². The number of amides is 2. The van der Waals surface area contributed by atoms with Gasteiger partial charge in [0, 0.05) is 50.0 Å². The van der Waals surface area contributed by atoms with E-state index in [1.807, 2.05) is 17.0 Å². The predicted molar refractivity (Wildman–Crippen MR) is 111 cm³/mol. The van der Waals surface area contributed by atoms with Gasteiger partial charge in [-0.1, -0.05) is 0 Å². The molecule has 5 heterocycles. The maximum absolute atomic E-state index is 12.7. The Morgan fingerprint density at radius 2 is 1.80 bits per heavy atom. The third-order valence-corrected chi connectivity index (χ3v) is 5.84. The monoisotopic (exact) mass is 408 g/mol. The van der Waals surface area contributed by atoms with Gasteiger partial charge in [0.05, 0.1) is 19.4 Å². The number of carbonyl (C=O) groups is 1. The number of pyridine rings is 2. The molecule has 0 aromatic carbocycles. The van der Waals surface area contributed by atoms with Gasteiger partial charge < -0.3 is 14.1 Å². The van der Waals surface area contributed by atoms with E-state index in [0.29, 0.717) is 23.3 Å². The highest BCUT2D eigenvalue weighted by molar-refractivity contribution is 5.92. The number of ether oxygens (including phenoxy) is 1. The number of nitrogens with one attached hydrogen (secondary N) is 1. The van der Waals surface area contributed by atoms with Gasteiger partial charge in [0.15, 0.2) is 12.2 Å². The van der Waals surface area contributed by atoms with Crippen molar-refractivity contribution in [3.63, 3.8) is 0 Å². The number of urea groups is 1. The summed E-state index contributed by atoms with van der Waals surface area (Å²) in [6.07, 6.45) is 8.44. The van der Waals surface area contributed by atoms with Gasteiger partial charge in [-0.25, -0.2) is 14.8 Å². The number of rotatable bonds is 3. The molecule has 0 radical (unpaired) electrons. The van der Waals surface area contributed by atoms with Crippen LogP contribution in [0.25, 0.3) is 22.2 Å². The van der Waals surface area contributed by atoms with Gasteiger partial charge in [-0.3, -0.25) is 15.2 Å². The van der Waals surface area contributed by atoms with Crippen LogP contribution >= 0.6 is 0 Å². The Balaban J connectivity index is 1.23. The highest BCUT2D eigenvalue weighted by Gasteiger charge is 2.28. The molecule has 0 atom stereocenters. The number of anilines is 1. The number of hydrogen-bond donors (Lipinski definition) is 1. The quantitative estimate of drug-likeness (QED) is 0.711. The van der Waals surface area contributed by atoms with E-state index in [9.17, 15) is 4.79 Å². The topological polar surface area (TPSA) is 96.6 Å². The van der Waals surface area contributed by atoms with Crippen LogP contribution in [-0.4, -0.2) is 76.2 Å². The second-order valence-corrected chi connectivity index (χ2v) is 7.65. The molecule has 0 spiro atoms. The van der Waals surface area contributed by atoms with E-state index < -0.39 is 0 Å². The van der Waals surface area contributed by atoms with Crippen molar-refractivity contribution >= 4 is 22.6 Å². The largest absolute Gasteiger partial charge is 0.442 e. The van der Waals surface area contributed by atoms with Crippen molar-refractivity contribution in [3.8, 4) is 11.5 Å². The van der Waals surface area contributed by atoms with Gasteiger partial charge in [-0.05, 0) is 30.4 Å². The van der Waals surface area contributed by atoms with Crippen molar-refractivity contribution in [1.29, 1.82) is 0 Å². The molecule has 2 aliphatic rings. The molecule has 1 N–H and O–H groups in total. The van der Waals surface area contributed by atoms with Gasteiger partial charge >= 0.3 is 6.03 Å². The Morgan fingerprint density at radius 1 is 1.00 bits per heavy atom. The summed E-state index contributed by atoms with van der Waals surface area (Å²) in [6.45, 7) is 5.09. The molecule has 5 rings (SSSR count). The molecule has 0 bridgehead atoms. The Hall–Kier alpha value is -3.04. The fraction of sp³-hybridized carbons (Fsp3) is 0.429. The Kier molecular flexibility index (Phi) is 5.29. The number of morpholine rings is 1. The maximum atomic E-state index is 12.7. The van der Waals surface area contributed by atoms with Crippen LogP contribution in [0.3, 0.4) is 0 Å². The van der Waals surface area contributed by atoms with E-state index in [2.05, 4.69) is 25.2 Å². The van der Waals surface area contributed by atoms with Gasteiger partial charge in [0.1, 0.15) is 11.5 Å². The average molecular weight is 408 g/mol. The SMILES string of the molecule is O=C(Nc1cc2cc(-c3cnco3)ncc2cn1)N1CCC(N2CCOCC2)CC1. The molecule has 156 valence electrons. The van der Waals surface area contributed by atoms with Gasteiger partial charge in [0.2, 0.25) is 0 Å². The van der Waals surface area contributed by atoms with Crippen LogP contribution in [0.2, 0.25) is 0 Å². The number of nitrogens with zero attached hydrogens (tertiary/aromatic N) is 5. The predicted octanol–water partition coefficient (Wildman–Crippen LogP) is 2.61. The van der Waals surface area contributed by atoms with E-state index in [-0.39, 0.29) is 6.03 Å². The lowest BCUT2D eigenvalue weighted by Gasteiger charge is -2.39. The summed E-state index contributed by atoms with van der Waals surface area (Å²) in [7, 11) is 0. The molecule has 3 aromatic rings. The molecule has 9 nitrogen and oxygen atoms in total. The molecular weight excluding hydrogens is 384 g/mol. The van der Waals surface area contributed by atoms with Gasteiger partial charge in [0.25, 0.3) is 0 Å². The minimum atomic E-state index is -0.105. The lowest BCUT2D eigenvalue weighted by Crippen LogP contribution is -2.50. The van der Waals surface area contributed by atoms with E-state index in [1.54, 1.807) is 18.6 Å². The van der Waals surface area contributed by atoms with Crippen LogP contribution in [0, 0.1) is 0 Å². The minimum absolute atomic E-state index is 0.105. The van der Waals surface area contributed by atoms with Crippen LogP contribution in [0.5, 0.6) is 0 Å². The summed E-state index contributed by atoms with van der Waals surface area (Å²) >= 11 is 0. The normalized spacial score (nSPS) is 18.6. The molecule has 3 aromatic heterocycles. The summed E-state index contributed by atoms with van der Waals surface area (Å²) < 4.78 is 10.8. The number of piperidine rings is 1. The van der Waals surface area contributed by atoms with Crippen LogP contribution in [0.15, 0.2) is 41.5 Å². The second kappa shape index (κ2) is 8.37. The number of hydrogen-bond acceptors (Lipinski definition) is 7. The zero-order valence-corrected chi connectivity index (χ0v) is 16.7. The standard InChI is InChI=1S/C21H24N6O3/c28-21(27-3-1-17(2-4-27)26-5-7-29-8-6-26)25-20-10-15-9-18(19-13-22-14-30-19)23-11-16(15)12-24-20/h9-14,17H,1-8H2,(H,24,25,28). The summed E-state index contributed by atoms with van der Waals surface area (Å²) in [5, 5.41) is 4.75. The molecular formula is C21H24N6O3. The minimum Gasteiger partial charge on any atom is -0.442 e. The molecule has 2 aliphatic heterocycles. The molecule has 9 heteroatoms. The van der Waals surface area contributed by atoms with Crippen molar-refractivity contribution in [2.45, 2.75) is 18.9 Å². The molecule has 0 unspecified atom stereocenters. The zero-order chi connectivity index (χ0) is 20.3. The number of aromatic nitrogens is 3. The molecule has 0 aliphatic carbocycles. The van der Waals surface area contributed by atoms with E-state index >= 15 is 0 Å². The van der Waals surface area contributed by atoms with Crippen molar-refractivity contribution in [3.05, 3.63) is 37.1 Å². The number of likely N-dealkylation sites (tertiary alicyclic amines) is 1. The number of fused-ring (bicyclic) bond motifs is 1. The fourth-order valence-corrected chi connectivity index (χ4v) is 4.15. The smallest absolute Gasteiger partial charge is 0.323 e. The average Bonchev–Trinajstić information content (AvgIpc) is 3.34. The number of oxazole rings is 1. The lowest BCUT2D eigenvalue weighted by molar-refractivity contribution is 0.00419. The summed E-state index contributed by atoms with van der Waals surface area (Å²) in [5.74, 6) is 1.12. The van der Waals surface area contributed by atoms with Crippen molar-refractivity contribution < 1.29 is 13.9 Å². The molecule has 2 saturated heterocycles. The maximum Gasteiger partial charge on any atom is 0.323 e. The van der Waals surface area contributed by atoms with E-state index in [4.69, 9.17) is 9.15 Å². The van der Waals surface area contributed by atoms with E-state index in [1.165, 1.54) is 6.39 Å². The summed E-state index contributed by atoms with van der Waals surface area (Å²) in [6, 6.07) is 4.20. The Labute approximate surface area is 174 Å². The van der Waals surface area contributed by atoms with Gasteiger partial charge in [-0.15, -0.1) is 0 Å². The van der Waals surface area contributed by atoms with Crippen LogP contribution in [0.4, 0.5) is 10.6 Å². The molecule has 2 fully saturated rings. The van der Waals surface area contributed by atoms with Crippen molar-refractivity contribution in [2.75, 3.05) is 44.7 Å². The summed E-state index contributed by atoms with van der Waals surface area (Å²) in [5.41, 5.74) is 0.689. The first-order valence-corrected chi connectivity index (χ1v) is 10.3. The van der Waals surface area contributed by atoms with E-state index in [0.717, 1.165) is 63.0 Å². The highest BCUT2D eigenvalue weighted by atomic mass is 16.5.